The quantitative estimate of drug-likeness (QED) is 0.758. The van der Waals surface area contributed by atoms with E-state index in [1.807, 2.05) is 6.92 Å². The Morgan fingerprint density at radius 3 is 2.70 bits per heavy atom. The molecule has 0 spiro atoms. The Bertz CT molecular complexity index is 584. The van der Waals surface area contributed by atoms with Crippen molar-refractivity contribution in [1.82, 2.24) is 19.6 Å². The number of alkyl halides is 1. The van der Waals surface area contributed by atoms with E-state index < -0.39 is 12.8 Å². The van der Waals surface area contributed by atoms with Gasteiger partial charge in [-0.25, -0.2) is 4.39 Å². The van der Waals surface area contributed by atoms with E-state index in [1.165, 1.54) is 0 Å². The van der Waals surface area contributed by atoms with Crippen molar-refractivity contribution in [2.75, 3.05) is 13.3 Å². The van der Waals surface area contributed by atoms with Crippen molar-refractivity contribution in [2.45, 2.75) is 19.6 Å². The molecule has 2 aromatic rings. The second-order valence-corrected chi connectivity index (χ2v) is 5.26. The molecule has 0 saturated carbocycles. The molecule has 0 amide bonds. The van der Waals surface area contributed by atoms with Crippen molar-refractivity contribution < 1.29 is 14.2 Å². The number of ether oxygens (including phenoxy) is 1. The molecule has 0 radical (unpaired) electrons. The number of aryl methyl sites for hydroxylation is 2. The van der Waals surface area contributed by atoms with E-state index in [4.69, 9.17) is 4.74 Å². The van der Waals surface area contributed by atoms with Crippen LogP contribution in [0.1, 0.15) is 24.2 Å². The lowest BCUT2D eigenvalue weighted by atomic mass is 10.1. The molecule has 8 heteroatoms. The maximum absolute atomic E-state index is 12.3. The molecule has 1 N–H and O–H groups in total. The number of aliphatic hydroxyl groups is 1. The molecular weight excluding hydrogens is 378 g/mol. The molecule has 2 heterocycles. The molecule has 0 aliphatic carbocycles. The molecule has 0 bridgehead atoms. The van der Waals surface area contributed by atoms with Crippen molar-refractivity contribution in [3.63, 3.8) is 0 Å². The van der Waals surface area contributed by atoms with E-state index in [-0.39, 0.29) is 12.5 Å². The zero-order valence-corrected chi connectivity index (χ0v) is 13.4. The molecule has 2 rings (SSSR count). The first-order valence-corrected chi connectivity index (χ1v) is 7.27. The summed E-state index contributed by atoms with van der Waals surface area (Å²) in [7, 11) is 1.79. The number of hydrogen-bond acceptors (Lipinski definition) is 4. The Balaban J connectivity index is 2.34. The lowest BCUT2D eigenvalue weighted by Gasteiger charge is -2.09. The Morgan fingerprint density at radius 2 is 2.15 bits per heavy atom. The first-order valence-electron chi connectivity index (χ1n) is 6.20. The van der Waals surface area contributed by atoms with Crippen LogP contribution in [-0.2, 0) is 13.6 Å². The molecule has 20 heavy (non-hydrogen) atoms. The molecule has 0 aliphatic heterocycles. The topological polar surface area (TPSA) is 65.1 Å². The van der Waals surface area contributed by atoms with E-state index in [9.17, 15) is 9.50 Å². The third kappa shape index (κ3) is 3.11. The van der Waals surface area contributed by atoms with E-state index in [0.717, 1.165) is 0 Å². The molecule has 0 saturated heterocycles. The Kier molecular flexibility index (Phi) is 4.97. The predicted molar refractivity (Wildman–Crippen MR) is 79.4 cm³/mol. The van der Waals surface area contributed by atoms with Crippen LogP contribution in [0.25, 0.3) is 0 Å². The highest BCUT2D eigenvalue weighted by Crippen LogP contribution is 2.31. The van der Waals surface area contributed by atoms with Gasteiger partial charge in [-0.1, -0.05) is 0 Å². The van der Waals surface area contributed by atoms with Crippen molar-refractivity contribution in [2.24, 2.45) is 7.05 Å². The van der Waals surface area contributed by atoms with Gasteiger partial charge in [0.15, 0.2) is 0 Å². The van der Waals surface area contributed by atoms with Crippen molar-refractivity contribution in [3.8, 4) is 5.88 Å². The summed E-state index contributed by atoms with van der Waals surface area (Å²) in [6.45, 7) is 1.89. The van der Waals surface area contributed by atoms with Crippen molar-refractivity contribution in [3.05, 3.63) is 27.2 Å². The van der Waals surface area contributed by atoms with Crippen LogP contribution in [-0.4, -0.2) is 37.9 Å². The molecule has 110 valence electrons. The molecule has 1 unspecified atom stereocenters. The highest BCUT2D eigenvalue weighted by molar-refractivity contribution is 14.1. The van der Waals surface area contributed by atoms with Crippen LogP contribution in [0.15, 0.2) is 12.4 Å². The Hall–Kier alpha value is -1.16. The van der Waals surface area contributed by atoms with Gasteiger partial charge in [0.2, 0.25) is 5.88 Å². The zero-order valence-electron chi connectivity index (χ0n) is 11.3. The molecule has 0 aliphatic rings. The maximum Gasteiger partial charge on any atom is 0.239 e. The van der Waals surface area contributed by atoms with Crippen LogP contribution in [0.5, 0.6) is 5.88 Å². The lowest BCUT2D eigenvalue weighted by molar-refractivity contribution is 0.205. The fourth-order valence-electron chi connectivity index (χ4n) is 1.85. The summed E-state index contributed by atoms with van der Waals surface area (Å²) in [6, 6.07) is 0. The number of nitrogens with zero attached hydrogens (tertiary/aromatic N) is 4. The van der Waals surface area contributed by atoms with Gasteiger partial charge in [0.25, 0.3) is 0 Å². The number of rotatable bonds is 6. The predicted octanol–water partition coefficient (Wildman–Crippen LogP) is 1.67. The summed E-state index contributed by atoms with van der Waals surface area (Å²) in [4.78, 5) is 0. The first-order chi connectivity index (χ1) is 9.56. The van der Waals surface area contributed by atoms with Crippen LogP contribution in [0, 0.1) is 3.70 Å². The third-order valence-corrected chi connectivity index (χ3v) is 3.63. The van der Waals surface area contributed by atoms with E-state index in [0.29, 0.717) is 21.4 Å². The second-order valence-electron chi connectivity index (χ2n) is 4.23. The first kappa shape index (κ1) is 15.2. The van der Waals surface area contributed by atoms with Gasteiger partial charge in [-0.2, -0.15) is 5.10 Å². The van der Waals surface area contributed by atoms with Crippen LogP contribution in [0.3, 0.4) is 0 Å². The highest BCUT2D eigenvalue weighted by atomic mass is 127. The second kappa shape index (κ2) is 6.53. The standard InChI is InChI=1S/C12H16FIN4O2/c1-3-18-7-9(12(16-18)20-5-4-13)10(19)8-6-17(2)15-11(8)14/h6-7,10,19H,3-5H2,1-2H3. The van der Waals surface area contributed by atoms with Gasteiger partial charge >= 0.3 is 0 Å². The number of aliphatic hydroxyl groups excluding tert-OH is 1. The fourth-order valence-corrected chi connectivity index (χ4v) is 2.62. The monoisotopic (exact) mass is 394 g/mol. The minimum atomic E-state index is -0.898. The normalized spacial score (nSPS) is 12.7. The Morgan fingerprint density at radius 1 is 1.40 bits per heavy atom. The smallest absolute Gasteiger partial charge is 0.239 e. The Labute approximate surface area is 129 Å². The summed E-state index contributed by atoms with van der Waals surface area (Å²) in [6.07, 6.45) is 2.56. The molecule has 0 fully saturated rings. The highest BCUT2D eigenvalue weighted by Gasteiger charge is 2.23. The average molecular weight is 394 g/mol. The number of hydrogen-bond donors (Lipinski definition) is 1. The van der Waals surface area contributed by atoms with Crippen LogP contribution in [0.2, 0.25) is 0 Å². The maximum atomic E-state index is 12.3. The zero-order chi connectivity index (χ0) is 14.7. The summed E-state index contributed by atoms with van der Waals surface area (Å²) >= 11 is 2.06. The van der Waals surface area contributed by atoms with Gasteiger partial charge < -0.3 is 9.84 Å². The van der Waals surface area contributed by atoms with E-state index in [1.54, 1.807) is 28.8 Å². The van der Waals surface area contributed by atoms with Gasteiger partial charge in [-0.3, -0.25) is 9.36 Å². The van der Waals surface area contributed by atoms with Gasteiger partial charge in [-0.05, 0) is 29.5 Å². The summed E-state index contributed by atoms with van der Waals surface area (Å²) in [5.41, 5.74) is 1.19. The number of halogens is 2. The fraction of sp³-hybridized carbons (Fsp3) is 0.500. The third-order valence-electron chi connectivity index (χ3n) is 2.79. The molecule has 2 aromatic heterocycles. The summed E-state index contributed by atoms with van der Waals surface area (Å²) in [5, 5.41) is 18.9. The molecule has 1 atom stereocenters. The van der Waals surface area contributed by atoms with Gasteiger partial charge in [0.05, 0.1) is 5.56 Å². The van der Waals surface area contributed by atoms with E-state index in [2.05, 4.69) is 32.8 Å². The SMILES string of the molecule is CCn1cc(C(O)c2cn(C)nc2I)c(OCCF)n1. The van der Waals surface area contributed by atoms with Gasteiger partial charge in [0, 0.05) is 31.5 Å². The van der Waals surface area contributed by atoms with Gasteiger partial charge in [-0.15, -0.1) is 5.10 Å². The minimum absolute atomic E-state index is 0.0788. The lowest BCUT2D eigenvalue weighted by Crippen LogP contribution is -2.05. The summed E-state index contributed by atoms with van der Waals surface area (Å²) in [5.74, 6) is 0.261. The average Bonchev–Trinajstić information content (AvgIpc) is 2.98. The van der Waals surface area contributed by atoms with Crippen LogP contribution < -0.4 is 4.74 Å². The number of aromatic nitrogens is 4. The molecular formula is C12H16FIN4O2. The largest absolute Gasteiger partial charge is 0.474 e. The minimum Gasteiger partial charge on any atom is -0.474 e. The molecule has 0 aromatic carbocycles. The van der Waals surface area contributed by atoms with Crippen molar-refractivity contribution in [1.29, 1.82) is 0 Å². The van der Waals surface area contributed by atoms with Crippen LogP contribution >= 0.6 is 22.6 Å². The van der Waals surface area contributed by atoms with Crippen LogP contribution in [0.4, 0.5) is 4.39 Å². The van der Waals surface area contributed by atoms with Crippen molar-refractivity contribution >= 4 is 22.6 Å². The molecule has 6 nitrogen and oxygen atoms in total. The van der Waals surface area contributed by atoms with Gasteiger partial charge in [0.1, 0.15) is 23.1 Å². The summed E-state index contributed by atoms with van der Waals surface area (Å²) < 4.78 is 21.5. The van der Waals surface area contributed by atoms with E-state index >= 15 is 0 Å².